The molecule has 0 aliphatic rings. The van der Waals surface area contributed by atoms with Crippen LogP contribution in [0.2, 0.25) is 0 Å². The zero-order chi connectivity index (χ0) is 13.7. The number of aryl methyl sites for hydroxylation is 2. The third-order valence-electron chi connectivity index (χ3n) is 3.73. The SMILES string of the molecule is CCC(CN)C(NC)c1cc(C)c(OC)cc1C. The van der Waals surface area contributed by atoms with Crippen molar-refractivity contribution in [1.82, 2.24) is 5.32 Å². The molecule has 2 atom stereocenters. The first-order valence-corrected chi connectivity index (χ1v) is 6.61. The molecule has 0 heterocycles. The van der Waals surface area contributed by atoms with Gasteiger partial charge in [0.2, 0.25) is 0 Å². The van der Waals surface area contributed by atoms with Crippen LogP contribution in [0.4, 0.5) is 0 Å². The summed E-state index contributed by atoms with van der Waals surface area (Å²) in [6.45, 7) is 7.10. The number of nitrogens with two attached hydrogens (primary N) is 1. The largest absolute Gasteiger partial charge is 0.496 e. The number of methoxy groups -OCH3 is 1. The van der Waals surface area contributed by atoms with E-state index in [-0.39, 0.29) is 0 Å². The molecule has 3 N–H and O–H groups in total. The van der Waals surface area contributed by atoms with Crippen LogP contribution in [0.1, 0.15) is 36.1 Å². The summed E-state index contributed by atoms with van der Waals surface area (Å²) in [4.78, 5) is 0. The lowest BCUT2D eigenvalue weighted by molar-refractivity contribution is 0.375. The third-order valence-corrected chi connectivity index (χ3v) is 3.73. The van der Waals surface area contributed by atoms with Gasteiger partial charge in [-0.25, -0.2) is 0 Å². The zero-order valence-corrected chi connectivity index (χ0v) is 12.2. The maximum Gasteiger partial charge on any atom is 0.122 e. The second kappa shape index (κ2) is 6.76. The molecule has 1 aromatic carbocycles. The first-order valence-electron chi connectivity index (χ1n) is 6.61. The van der Waals surface area contributed by atoms with Crippen LogP contribution < -0.4 is 15.8 Å². The zero-order valence-electron chi connectivity index (χ0n) is 12.2. The molecule has 0 aromatic heterocycles. The van der Waals surface area contributed by atoms with E-state index < -0.39 is 0 Å². The molecule has 0 amide bonds. The summed E-state index contributed by atoms with van der Waals surface area (Å²) in [5, 5.41) is 3.40. The van der Waals surface area contributed by atoms with Crippen LogP contribution in [0.3, 0.4) is 0 Å². The molecule has 2 unspecified atom stereocenters. The van der Waals surface area contributed by atoms with Crippen LogP contribution in [0.5, 0.6) is 5.75 Å². The van der Waals surface area contributed by atoms with E-state index in [0.717, 1.165) is 12.2 Å². The molecule has 0 spiro atoms. The number of hydrogen-bond acceptors (Lipinski definition) is 3. The predicted molar refractivity (Wildman–Crippen MR) is 77.1 cm³/mol. The molecule has 0 fully saturated rings. The maximum atomic E-state index is 5.88. The molecule has 0 aliphatic heterocycles. The quantitative estimate of drug-likeness (QED) is 0.815. The van der Waals surface area contributed by atoms with Gasteiger partial charge in [0, 0.05) is 6.04 Å². The van der Waals surface area contributed by atoms with Gasteiger partial charge in [-0.15, -0.1) is 0 Å². The number of rotatable bonds is 6. The highest BCUT2D eigenvalue weighted by Gasteiger charge is 2.21. The van der Waals surface area contributed by atoms with Gasteiger partial charge in [-0.1, -0.05) is 19.4 Å². The first-order chi connectivity index (χ1) is 8.58. The van der Waals surface area contributed by atoms with E-state index in [0.29, 0.717) is 18.5 Å². The van der Waals surface area contributed by atoms with Crippen LogP contribution in [0.15, 0.2) is 12.1 Å². The van der Waals surface area contributed by atoms with Gasteiger partial charge in [-0.05, 0) is 56.1 Å². The van der Waals surface area contributed by atoms with E-state index in [4.69, 9.17) is 10.5 Å². The molecule has 102 valence electrons. The molecule has 1 rings (SSSR count). The van der Waals surface area contributed by atoms with Gasteiger partial charge in [0.25, 0.3) is 0 Å². The summed E-state index contributed by atoms with van der Waals surface area (Å²) in [5.74, 6) is 1.41. The number of nitrogens with one attached hydrogen (secondary N) is 1. The molecule has 0 radical (unpaired) electrons. The van der Waals surface area contributed by atoms with Crippen molar-refractivity contribution in [1.29, 1.82) is 0 Å². The monoisotopic (exact) mass is 250 g/mol. The van der Waals surface area contributed by atoms with Gasteiger partial charge < -0.3 is 15.8 Å². The second-order valence-corrected chi connectivity index (χ2v) is 4.85. The lowest BCUT2D eigenvalue weighted by atomic mass is 9.87. The highest BCUT2D eigenvalue weighted by atomic mass is 16.5. The van der Waals surface area contributed by atoms with Crippen molar-refractivity contribution in [2.24, 2.45) is 11.7 Å². The fraction of sp³-hybridized carbons (Fsp3) is 0.600. The molecule has 18 heavy (non-hydrogen) atoms. The smallest absolute Gasteiger partial charge is 0.122 e. The Morgan fingerprint density at radius 3 is 2.39 bits per heavy atom. The Morgan fingerprint density at radius 2 is 1.94 bits per heavy atom. The molecule has 1 aromatic rings. The number of hydrogen-bond donors (Lipinski definition) is 2. The van der Waals surface area contributed by atoms with E-state index in [2.05, 4.69) is 38.2 Å². The van der Waals surface area contributed by atoms with E-state index in [1.807, 2.05) is 7.05 Å². The van der Waals surface area contributed by atoms with Crippen LogP contribution >= 0.6 is 0 Å². The predicted octanol–water partition coefficient (Wildman–Crippen LogP) is 2.56. The van der Waals surface area contributed by atoms with Crippen LogP contribution in [0.25, 0.3) is 0 Å². The molecule has 3 nitrogen and oxygen atoms in total. The summed E-state index contributed by atoms with van der Waals surface area (Å²) in [6, 6.07) is 4.64. The Balaban J connectivity index is 3.17. The maximum absolute atomic E-state index is 5.88. The minimum atomic E-state index is 0.310. The second-order valence-electron chi connectivity index (χ2n) is 4.85. The molecule has 0 bridgehead atoms. The Labute approximate surface area is 111 Å². The minimum Gasteiger partial charge on any atom is -0.496 e. The lowest BCUT2D eigenvalue weighted by Crippen LogP contribution is -2.30. The number of benzene rings is 1. The molecular weight excluding hydrogens is 224 g/mol. The summed E-state index contributed by atoms with van der Waals surface area (Å²) in [6.07, 6.45) is 1.08. The minimum absolute atomic E-state index is 0.310. The molecule has 0 saturated carbocycles. The summed E-state index contributed by atoms with van der Waals surface area (Å²) in [7, 11) is 3.72. The highest BCUT2D eigenvalue weighted by molar-refractivity contribution is 5.43. The molecule has 0 saturated heterocycles. The summed E-state index contributed by atoms with van der Waals surface area (Å²) in [5.41, 5.74) is 9.63. The van der Waals surface area contributed by atoms with Crippen molar-refractivity contribution < 1.29 is 4.74 Å². The van der Waals surface area contributed by atoms with Crippen LogP contribution in [-0.2, 0) is 0 Å². The van der Waals surface area contributed by atoms with Crippen LogP contribution in [-0.4, -0.2) is 20.7 Å². The normalized spacial score (nSPS) is 14.3. The van der Waals surface area contributed by atoms with E-state index in [1.54, 1.807) is 7.11 Å². The van der Waals surface area contributed by atoms with Crippen molar-refractivity contribution in [2.45, 2.75) is 33.2 Å². The third kappa shape index (κ3) is 3.03. The Kier molecular flexibility index (Phi) is 5.63. The Hall–Kier alpha value is -1.06. The fourth-order valence-corrected chi connectivity index (χ4v) is 2.55. The van der Waals surface area contributed by atoms with E-state index in [9.17, 15) is 0 Å². The molecule has 3 heteroatoms. The highest BCUT2D eigenvalue weighted by Crippen LogP contribution is 2.31. The van der Waals surface area contributed by atoms with Gasteiger partial charge in [-0.3, -0.25) is 0 Å². The first kappa shape index (κ1) is 15.0. The van der Waals surface area contributed by atoms with Gasteiger partial charge in [-0.2, -0.15) is 0 Å². The topological polar surface area (TPSA) is 47.3 Å². The van der Waals surface area contributed by atoms with Gasteiger partial charge in [0.15, 0.2) is 0 Å². The molecule has 0 aliphatic carbocycles. The summed E-state index contributed by atoms with van der Waals surface area (Å²) < 4.78 is 5.36. The van der Waals surface area contributed by atoms with E-state index in [1.165, 1.54) is 16.7 Å². The Morgan fingerprint density at radius 1 is 1.28 bits per heavy atom. The van der Waals surface area contributed by atoms with Crippen molar-refractivity contribution in [3.8, 4) is 5.75 Å². The van der Waals surface area contributed by atoms with Crippen LogP contribution in [0, 0.1) is 19.8 Å². The average molecular weight is 250 g/mol. The van der Waals surface area contributed by atoms with Gasteiger partial charge in [0.1, 0.15) is 5.75 Å². The fourth-order valence-electron chi connectivity index (χ4n) is 2.55. The number of ether oxygens (including phenoxy) is 1. The standard InChI is InChI=1S/C15H26N2O/c1-6-12(9-16)15(17-4)13-7-11(3)14(18-5)8-10(13)2/h7-8,12,15,17H,6,9,16H2,1-5H3. The average Bonchev–Trinajstić information content (AvgIpc) is 2.38. The van der Waals surface area contributed by atoms with Crippen molar-refractivity contribution in [3.63, 3.8) is 0 Å². The van der Waals surface area contributed by atoms with Gasteiger partial charge in [0.05, 0.1) is 7.11 Å². The van der Waals surface area contributed by atoms with E-state index >= 15 is 0 Å². The van der Waals surface area contributed by atoms with Crippen molar-refractivity contribution in [2.75, 3.05) is 20.7 Å². The lowest BCUT2D eigenvalue weighted by Gasteiger charge is -2.27. The Bertz CT molecular complexity index is 386. The van der Waals surface area contributed by atoms with Crippen molar-refractivity contribution in [3.05, 3.63) is 28.8 Å². The van der Waals surface area contributed by atoms with Gasteiger partial charge >= 0.3 is 0 Å². The molecular formula is C15H26N2O. The summed E-state index contributed by atoms with van der Waals surface area (Å²) >= 11 is 0. The van der Waals surface area contributed by atoms with Crippen molar-refractivity contribution >= 4 is 0 Å².